The van der Waals surface area contributed by atoms with E-state index in [0.29, 0.717) is 0 Å². The minimum Gasteiger partial charge on any atom is -0.309 e. The maximum absolute atomic E-state index is 2.44. The quantitative estimate of drug-likeness (QED) is 0.160. The second kappa shape index (κ2) is 13.7. The van der Waals surface area contributed by atoms with Gasteiger partial charge in [-0.25, -0.2) is 0 Å². The number of nitrogens with zero attached hydrogens (tertiary/aromatic N) is 1. The molecule has 0 spiro atoms. The Morgan fingerprint density at radius 1 is 0.296 bits per heavy atom. The molecule has 0 N–H and O–H groups in total. The van der Waals surface area contributed by atoms with Crippen molar-refractivity contribution in [3.05, 3.63) is 212 Å². The second-order valence-corrected chi connectivity index (χ2v) is 14.7. The van der Waals surface area contributed by atoms with E-state index in [1.165, 1.54) is 81.1 Å². The monoisotopic (exact) mass is 705 g/mol. The van der Waals surface area contributed by atoms with Crippen LogP contribution in [0.25, 0.3) is 75.5 Å². The van der Waals surface area contributed by atoms with Crippen LogP contribution in [-0.2, 0) is 0 Å². The molecule has 1 heterocycles. The van der Waals surface area contributed by atoms with E-state index in [4.69, 9.17) is 0 Å². The Balaban J connectivity index is 1.15. The summed E-state index contributed by atoms with van der Waals surface area (Å²) in [5, 5.41) is 5.09. The fraction of sp³-hybridized carbons (Fsp3) is 0. The molecule has 254 valence electrons. The molecule has 0 saturated carbocycles. The Hall–Kier alpha value is -6.74. The minimum absolute atomic E-state index is 1.11. The van der Waals surface area contributed by atoms with Gasteiger partial charge in [0.1, 0.15) is 0 Å². The molecule has 1 aromatic heterocycles. The van der Waals surface area contributed by atoms with Crippen molar-refractivity contribution >= 4 is 59.3 Å². The Morgan fingerprint density at radius 2 is 0.778 bits per heavy atom. The van der Waals surface area contributed by atoms with Gasteiger partial charge in [-0.2, -0.15) is 0 Å². The molecule has 0 aliphatic rings. The van der Waals surface area contributed by atoms with Crippen molar-refractivity contribution in [3.8, 4) is 44.5 Å². The Morgan fingerprint density at radius 3 is 1.43 bits per heavy atom. The first-order valence-corrected chi connectivity index (χ1v) is 19.2. The Bertz CT molecular complexity index is 2910. The van der Waals surface area contributed by atoms with Gasteiger partial charge in [-0.05, 0) is 91.7 Å². The lowest BCUT2D eigenvalue weighted by atomic mass is 9.92. The number of anilines is 3. The van der Waals surface area contributed by atoms with E-state index < -0.39 is 0 Å². The summed E-state index contributed by atoms with van der Waals surface area (Å²) < 4.78 is 2.57. The van der Waals surface area contributed by atoms with Gasteiger partial charge in [0, 0.05) is 26.8 Å². The van der Waals surface area contributed by atoms with Gasteiger partial charge in [0.15, 0.2) is 0 Å². The van der Waals surface area contributed by atoms with Crippen LogP contribution in [0.3, 0.4) is 0 Å². The molecule has 0 aliphatic carbocycles. The molecule has 2 heteroatoms. The third-order valence-electron chi connectivity index (χ3n) is 10.5. The average molecular weight is 706 g/mol. The van der Waals surface area contributed by atoms with Crippen molar-refractivity contribution < 1.29 is 0 Å². The van der Waals surface area contributed by atoms with Crippen LogP contribution in [-0.4, -0.2) is 0 Å². The standard InChI is InChI=1S/C52H35NS/c1-4-15-36(16-5-1)42-22-12-25-46-43(23-13-24-45(42)46)39-29-31-40(32-30-39)53(50-27-14-26-48-47-21-10-11-28-51(47)54-52(48)50)41-33-34-44(37-17-6-2-7-18-37)49(35-41)38-19-8-3-9-20-38/h1-35H. The molecular formula is C52H35NS. The summed E-state index contributed by atoms with van der Waals surface area (Å²) in [5.41, 5.74) is 13.1. The maximum Gasteiger partial charge on any atom is 0.0640 e. The fourth-order valence-electron chi connectivity index (χ4n) is 7.95. The van der Waals surface area contributed by atoms with Gasteiger partial charge in [-0.15, -0.1) is 11.3 Å². The van der Waals surface area contributed by atoms with Gasteiger partial charge in [0.05, 0.1) is 10.4 Å². The Kier molecular flexibility index (Phi) is 8.09. The topological polar surface area (TPSA) is 3.24 Å². The fourth-order valence-corrected chi connectivity index (χ4v) is 9.16. The number of benzene rings is 9. The van der Waals surface area contributed by atoms with Crippen molar-refractivity contribution in [2.75, 3.05) is 4.90 Å². The summed E-state index contributed by atoms with van der Waals surface area (Å²) in [4.78, 5) is 2.44. The molecule has 10 rings (SSSR count). The highest BCUT2D eigenvalue weighted by Crippen LogP contribution is 2.47. The number of hydrogen-bond acceptors (Lipinski definition) is 2. The molecule has 0 aliphatic heterocycles. The molecule has 0 saturated heterocycles. The van der Waals surface area contributed by atoms with Crippen LogP contribution in [0.4, 0.5) is 17.1 Å². The van der Waals surface area contributed by atoms with Gasteiger partial charge in [0.25, 0.3) is 0 Å². The molecule has 0 radical (unpaired) electrons. The van der Waals surface area contributed by atoms with Gasteiger partial charge < -0.3 is 4.90 Å². The molecule has 0 amide bonds. The van der Waals surface area contributed by atoms with Gasteiger partial charge in [-0.1, -0.05) is 176 Å². The lowest BCUT2D eigenvalue weighted by molar-refractivity contribution is 1.30. The molecule has 0 atom stereocenters. The number of rotatable bonds is 7. The van der Waals surface area contributed by atoms with E-state index in [9.17, 15) is 0 Å². The first-order valence-electron chi connectivity index (χ1n) is 18.4. The first kappa shape index (κ1) is 32.0. The number of hydrogen-bond donors (Lipinski definition) is 0. The summed E-state index contributed by atoms with van der Waals surface area (Å²) in [7, 11) is 0. The summed E-state index contributed by atoms with van der Waals surface area (Å²) in [6.07, 6.45) is 0. The van der Waals surface area contributed by atoms with Crippen molar-refractivity contribution in [2.45, 2.75) is 0 Å². The molecule has 0 fully saturated rings. The van der Waals surface area contributed by atoms with Gasteiger partial charge in [0.2, 0.25) is 0 Å². The van der Waals surface area contributed by atoms with Crippen molar-refractivity contribution in [1.29, 1.82) is 0 Å². The van der Waals surface area contributed by atoms with E-state index in [-0.39, 0.29) is 0 Å². The van der Waals surface area contributed by atoms with E-state index in [0.717, 1.165) is 11.4 Å². The largest absolute Gasteiger partial charge is 0.309 e. The third-order valence-corrected chi connectivity index (χ3v) is 11.7. The smallest absolute Gasteiger partial charge is 0.0640 e. The van der Waals surface area contributed by atoms with Crippen LogP contribution in [0.15, 0.2) is 212 Å². The molecule has 1 nitrogen and oxygen atoms in total. The Labute approximate surface area is 319 Å². The highest BCUT2D eigenvalue weighted by Gasteiger charge is 2.20. The van der Waals surface area contributed by atoms with Crippen LogP contribution in [0.5, 0.6) is 0 Å². The molecule has 9 aromatic carbocycles. The van der Waals surface area contributed by atoms with E-state index in [1.807, 2.05) is 11.3 Å². The zero-order chi connectivity index (χ0) is 35.8. The highest BCUT2D eigenvalue weighted by molar-refractivity contribution is 7.26. The van der Waals surface area contributed by atoms with Gasteiger partial charge >= 0.3 is 0 Å². The first-order chi connectivity index (χ1) is 26.8. The van der Waals surface area contributed by atoms with E-state index in [1.54, 1.807) is 0 Å². The minimum atomic E-state index is 1.11. The van der Waals surface area contributed by atoms with Crippen molar-refractivity contribution in [3.63, 3.8) is 0 Å². The van der Waals surface area contributed by atoms with E-state index >= 15 is 0 Å². The maximum atomic E-state index is 2.44. The molecule has 0 unspecified atom stereocenters. The predicted molar refractivity (Wildman–Crippen MR) is 233 cm³/mol. The zero-order valence-corrected chi connectivity index (χ0v) is 30.4. The van der Waals surface area contributed by atoms with Crippen molar-refractivity contribution in [1.82, 2.24) is 0 Å². The SMILES string of the molecule is c1ccc(-c2ccc(N(c3ccc(-c4cccc5c(-c6ccccc6)cccc45)cc3)c3cccc4c3sc3ccccc34)cc2-c2ccccc2)cc1. The van der Waals surface area contributed by atoms with Crippen LogP contribution < -0.4 is 4.90 Å². The molecular weight excluding hydrogens is 671 g/mol. The number of thiophene rings is 1. The van der Waals surface area contributed by atoms with Crippen LogP contribution >= 0.6 is 11.3 Å². The lowest BCUT2D eigenvalue weighted by Crippen LogP contribution is -2.10. The molecule has 0 bridgehead atoms. The van der Waals surface area contributed by atoms with Gasteiger partial charge in [-0.3, -0.25) is 0 Å². The second-order valence-electron chi connectivity index (χ2n) is 13.7. The number of fused-ring (bicyclic) bond motifs is 4. The average Bonchev–Trinajstić information content (AvgIpc) is 3.64. The molecule has 10 aromatic rings. The normalized spacial score (nSPS) is 11.3. The van der Waals surface area contributed by atoms with Crippen LogP contribution in [0.2, 0.25) is 0 Å². The van der Waals surface area contributed by atoms with Crippen LogP contribution in [0, 0.1) is 0 Å². The lowest BCUT2D eigenvalue weighted by Gasteiger charge is -2.27. The summed E-state index contributed by atoms with van der Waals surface area (Å²) in [6, 6.07) is 77.1. The zero-order valence-electron chi connectivity index (χ0n) is 29.6. The van der Waals surface area contributed by atoms with E-state index in [2.05, 4.69) is 217 Å². The van der Waals surface area contributed by atoms with Crippen molar-refractivity contribution in [2.24, 2.45) is 0 Å². The summed E-state index contributed by atoms with van der Waals surface area (Å²) in [5.74, 6) is 0. The molecule has 54 heavy (non-hydrogen) atoms. The third kappa shape index (κ3) is 5.65. The summed E-state index contributed by atoms with van der Waals surface area (Å²) >= 11 is 1.87. The highest BCUT2D eigenvalue weighted by atomic mass is 32.1. The summed E-state index contributed by atoms with van der Waals surface area (Å²) in [6.45, 7) is 0. The van der Waals surface area contributed by atoms with Crippen LogP contribution in [0.1, 0.15) is 0 Å². The predicted octanol–water partition coefficient (Wildman–Crippen LogP) is 15.3.